The minimum atomic E-state index is 0. The number of carbonyl (C=O) groups is 1. The molecule has 16 heavy (non-hydrogen) atoms. The second kappa shape index (κ2) is 5.37. The van der Waals surface area contributed by atoms with Crippen molar-refractivity contribution in [3.05, 3.63) is 0 Å². The average molecular weight is 247 g/mol. The first-order valence-corrected chi connectivity index (χ1v) is 6.17. The molecule has 1 aliphatic heterocycles. The maximum Gasteiger partial charge on any atom is 0.223 e. The summed E-state index contributed by atoms with van der Waals surface area (Å²) in [5.41, 5.74) is 0.303. The summed E-state index contributed by atoms with van der Waals surface area (Å²) in [6.07, 6.45) is 4.38. The zero-order chi connectivity index (χ0) is 10.9. The summed E-state index contributed by atoms with van der Waals surface area (Å²) in [5.74, 6) is 0.587. The van der Waals surface area contributed by atoms with E-state index in [2.05, 4.69) is 24.5 Å². The first kappa shape index (κ1) is 13.8. The minimum Gasteiger partial charge on any atom is -0.353 e. The first-order valence-electron chi connectivity index (χ1n) is 6.17. The highest BCUT2D eigenvalue weighted by Crippen LogP contribution is 2.54. The number of nitrogens with one attached hydrogen (secondary N) is 2. The van der Waals surface area contributed by atoms with Gasteiger partial charge in [-0.2, -0.15) is 0 Å². The van der Waals surface area contributed by atoms with Crippen molar-refractivity contribution < 1.29 is 4.79 Å². The Morgan fingerprint density at radius 2 is 2.06 bits per heavy atom. The van der Waals surface area contributed by atoms with Gasteiger partial charge in [-0.1, -0.05) is 13.8 Å². The van der Waals surface area contributed by atoms with E-state index in [1.54, 1.807) is 0 Å². The number of rotatable bonds is 3. The van der Waals surface area contributed by atoms with Gasteiger partial charge in [0.1, 0.15) is 0 Å². The van der Waals surface area contributed by atoms with Crippen LogP contribution in [0, 0.1) is 11.3 Å². The zero-order valence-electron chi connectivity index (χ0n) is 10.2. The summed E-state index contributed by atoms with van der Waals surface area (Å²) in [5, 5.41) is 6.50. The van der Waals surface area contributed by atoms with Crippen LogP contribution >= 0.6 is 12.4 Å². The Labute approximate surface area is 104 Å². The quantitative estimate of drug-likeness (QED) is 0.796. The van der Waals surface area contributed by atoms with Gasteiger partial charge in [0, 0.05) is 12.0 Å². The first-order chi connectivity index (χ1) is 7.15. The number of amides is 1. The Balaban J connectivity index is 0.00000128. The van der Waals surface area contributed by atoms with E-state index in [9.17, 15) is 4.79 Å². The van der Waals surface area contributed by atoms with Crippen LogP contribution in [-0.4, -0.2) is 25.0 Å². The lowest BCUT2D eigenvalue weighted by Gasteiger charge is -2.24. The smallest absolute Gasteiger partial charge is 0.223 e. The Bertz CT molecular complexity index is 253. The number of carbonyl (C=O) groups excluding carboxylic acids is 1. The van der Waals surface area contributed by atoms with Gasteiger partial charge >= 0.3 is 0 Å². The normalized spacial score (nSPS) is 34.0. The third-order valence-electron chi connectivity index (χ3n) is 4.16. The molecule has 2 unspecified atom stereocenters. The van der Waals surface area contributed by atoms with E-state index in [0.717, 1.165) is 38.8 Å². The van der Waals surface area contributed by atoms with Gasteiger partial charge in [0.05, 0.1) is 0 Å². The number of hydrogen-bond acceptors (Lipinski definition) is 2. The van der Waals surface area contributed by atoms with Crippen molar-refractivity contribution in [2.45, 2.75) is 45.6 Å². The molecule has 2 N–H and O–H groups in total. The van der Waals surface area contributed by atoms with Gasteiger partial charge in [0.25, 0.3) is 0 Å². The van der Waals surface area contributed by atoms with E-state index in [1.165, 1.54) is 0 Å². The highest BCUT2D eigenvalue weighted by atomic mass is 35.5. The Morgan fingerprint density at radius 3 is 2.56 bits per heavy atom. The molecule has 0 bridgehead atoms. The van der Waals surface area contributed by atoms with Gasteiger partial charge < -0.3 is 10.6 Å². The highest BCUT2D eigenvalue weighted by molar-refractivity contribution is 5.85. The van der Waals surface area contributed by atoms with Gasteiger partial charge in [-0.05, 0) is 44.2 Å². The van der Waals surface area contributed by atoms with Gasteiger partial charge in [0.2, 0.25) is 5.91 Å². The van der Waals surface area contributed by atoms with Crippen LogP contribution in [0.2, 0.25) is 0 Å². The maximum atomic E-state index is 11.9. The number of piperidine rings is 1. The van der Waals surface area contributed by atoms with Gasteiger partial charge in [-0.3, -0.25) is 4.79 Å². The maximum absolute atomic E-state index is 11.9. The second-order valence-corrected chi connectivity index (χ2v) is 5.30. The topological polar surface area (TPSA) is 41.1 Å². The van der Waals surface area contributed by atoms with Crippen LogP contribution in [0.1, 0.15) is 39.5 Å². The van der Waals surface area contributed by atoms with Crippen molar-refractivity contribution in [2.24, 2.45) is 11.3 Å². The fraction of sp³-hybridized carbons (Fsp3) is 0.917. The van der Waals surface area contributed by atoms with Crippen molar-refractivity contribution in [1.29, 1.82) is 0 Å². The average Bonchev–Trinajstić information content (AvgIpc) is 2.93. The van der Waals surface area contributed by atoms with Crippen LogP contribution in [0.3, 0.4) is 0 Å². The van der Waals surface area contributed by atoms with Crippen molar-refractivity contribution >= 4 is 18.3 Å². The van der Waals surface area contributed by atoms with Crippen LogP contribution in [-0.2, 0) is 4.79 Å². The molecule has 0 radical (unpaired) electrons. The molecule has 2 atom stereocenters. The highest BCUT2D eigenvalue weighted by Gasteiger charge is 2.53. The minimum absolute atomic E-state index is 0. The van der Waals surface area contributed by atoms with Crippen molar-refractivity contribution in [3.63, 3.8) is 0 Å². The molecule has 2 rings (SSSR count). The molecule has 1 saturated carbocycles. The molecular formula is C12H23ClN2O. The lowest BCUT2D eigenvalue weighted by molar-refractivity contribution is -0.123. The number of halogens is 1. The van der Waals surface area contributed by atoms with Crippen LogP contribution in [0.5, 0.6) is 0 Å². The second-order valence-electron chi connectivity index (χ2n) is 5.30. The van der Waals surface area contributed by atoms with Crippen LogP contribution < -0.4 is 10.6 Å². The van der Waals surface area contributed by atoms with E-state index in [0.29, 0.717) is 17.4 Å². The molecule has 0 aromatic carbocycles. The summed E-state index contributed by atoms with van der Waals surface area (Å²) in [7, 11) is 0. The van der Waals surface area contributed by atoms with Crippen LogP contribution in [0.4, 0.5) is 0 Å². The molecule has 0 spiro atoms. The van der Waals surface area contributed by atoms with E-state index >= 15 is 0 Å². The third-order valence-corrected chi connectivity index (χ3v) is 4.16. The molecule has 2 fully saturated rings. The van der Waals surface area contributed by atoms with Crippen molar-refractivity contribution in [3.8, 4) is 0 Å². The molecule has 1 amide bonds. The van der Waals surface area contributed by atoms with Crippen molar-refractivity contribution in [1.82, 2.24) is 10.6 Å². The van der Waals surface area contributed by atoms with E-state index in [1.807, 2.05) is 0 Å². The summed E-state index contributed by atoms with van der Waals surface area (Å²) >= 11 is 0. The van der Waals surface area contributed by atoms with E-state index < -0.39 is 0 Å². The van der Waals surface area contributed by atoms with E-state index in [4.69, 9.17) is 0 Å². The predicted octanol–water partition coefficient (Wildman–Crippen LogP) is 1.71. The molecule has 1 saturated heterocycles. The Morgan fingerprint density at radius 1 is 1.44 bits per heavy atom. The SMILES string of the molecule is CCC1(C)CC1C(=O)NC1CCNCC1.Cl. The molecule has 2 aliphatic rings. The molecule has 1 heterocycles. The molecule has 4 heteroatoms. The third kappa shape index (κ3) is 2.89. The zero-order valence-corrected chi connectivity index (χ0v) is 11.0. The van der Waals surface area contributed by atoms with Gasteiger partial charge in [-0.25, -0.2) is 0 Å². The van der Waals surface area contributed by atoms with Crippen molar-refractivity contribution in [2.75, 3.05) is 13.1 Å². The molecule has 94 valence electrons. The summed E-state index contributed by atoms with van der Waals surface area (Å²) in [4.78, 5) is 11.9. The lowest BCUT2D eigenvalue weighted by atomic mass is 10.0. The van der Waals surface area contributed by atoms with Gasteiger partial charge in [-0.15, -0.1) is 12.4 Å². The molecule has 1 aliphatic carbocycles. The monoisotopic (exact) mass is 246 g/mol. The summed E-state index contributed by atoms with van der Waals surface area (Å²) in [6.45, 7) is 6.48. The lowest BCUT2D eigenvalue weighted by Crippen LogP contribution is -2.43. The van der Waals surface area contributed by atoms with Crippen LogP contribution in [0.25, 0.3) is 0 Å². The fourth-order valence-corrected chi connectivity index (χ4v) is 2.48. The molecule has 3 nitrogen and oxygen atoms in total. The molecular weight excluding hydrogens is 224 g/mol. The summed E-state index contributed by atoms with van der Waals surface area (Å²) in [6, 6.07) is 0.417. The number of hydrogen-bond donors (Lipinski definition) is 2. The van der Waals surface area contributed by atoms with Crippen LogP contribution in [0.15, 0.2) is 0 Å². The van der Waals surface area contributed by atoms with Gasteiger partial charge in [0.15, 0.2) is 0 Å². The Kier molecular flexibility index (Phi) is 4.62. The largest absolute Gasteiger partial charge is 0.353 e. The van der Waals surface area contributed by atoms with E-state index in [-0.39, 0.29) is 18.3 Å². The molecule has 0 aromatic rings. The summed E-state index contributed by atoms with van der Waals surface area (Å²) < 4.78 is 0. The Hall–Kier alpha value is -0.280. The fourth-order valence-electron chi connectivity index (χ4n) is 2.48. The molecule has 0 aromatic heterocycles. The standard InChI is InChI=1S/C12H22N2O.ClH/c1-3-12(2)8-10(12)11(15)14-9-4-6-13-7-5-9;/h9-10,13H,3-8H2,1-2H3,(H,14,15);1H. The predicted molar refractivity (Wildman–Crippen MR) is 67.8 cm³/mol.